The molecule has 1 aromatic rings. The number of sulfonamides is 1. The summed E-state index contributed by atoms with van der Waals surface area (Å²) in [5, 5.41) is 9.56. The van der Waals surface area contributed by atoms with E-state index in [4.69, 9.17) is 0 Å². The molecule has 8 heteroatoms. The van der Waals surface area contributed by atoms with E-state index in [1.807, 2.05) is 0 Å². The Bertz CT molecular complexity index is 601. The van der Waals surface area contributed by atoms with Gasteiger partial charge < -0.3 is 5.11 Å². The monoisotopic (exact) mass is 383 g/mol. The van der Waals surface area contributed by atoms with E-state index in [0.717, 1.165) is 25.3 Å². The molecule has 0 saturated heterocycles. The molecule has 2 N–H and O–H groups in total. The van der Waals surface area contributed by atoms with Crippen molar-refractivity contribution in [3.05, 3.63) is 28.2 Å². The zero-order valence-electron chi connectivity index (χ0n) is 11.2. The van der Waals surface area contributed by atoms with E-state index in [-0.39, 0.29) is 16.9 Å². The molecule has 0 amide bonds. The van der Waals surface area contributed by atoms with Crippen LogP contribution in [0, 0.1) is 17.6 Å². The van der Waals surface area contributed by atoms with Crippen molar-refractivity contribution < 1.29 is 22.3 Å². The minimum absolute atomic E-state index is 0.0193. The van der Waals surface area contributed by atoms with Crippen LogP contribution in [0.5, 0.6) is 0 Å². The highest BCUT2D eigenvalue weighted by Gasteiger charge is 2.26. The summed E-state index contributed by atoms with van der Waals surface area (Å²) in [5.41, 5.74) is 0. The zero-order chi connectivity index (χ0) is 15.6. The van der Waals surface area contributed by atoms with Crippen molar-refractivity contribution in [2.24, 2.45) is 5.92 Å². The summed E-state index contributed by atoms with van der Waals surface area (Å²) < 4.78 is 53.2. The van der Waals surface area contributed by atoms with Crippen LogP contribution in [-0.4, -0.2) is 26.2 Å². The zero-order valence-corrected chi connectivity index (χ0v) is 13.6. The van der Waals surface area contributed by atoms with Gasteiger partial charge in [-0.05, 0) is 47.2 Å². The van der Waals surface area contributed by atoms with Crippen LogP contribution in [0.2, 0.25) is 0 Å². The Kier molecular flexibility index (Phi) is 5.34. The van der Waals surface area contributed by atoms with E-state index in [2.05, 4.69) is 20.7 Å². The van der Waals surface area contributed by atoms with Gasteiger partial charge in [-0.3, -0.25) is 0 Å². The first-order valence-electron chi connectivity index (χ1n) is 6.62. The summed E-state index contributed by atoms with van der Waals surface area (Å²) in [6.45, 7) is 0.128. The third kappa shape index (κ3) is 4.21. The molecule has 1 aliphatic rings. The molecule has 4 nitrogen and oxygen atoms in total. The second-order valence-electron chi connectivity index (χ2n) is 5.24. The van der Waals surface area contributed by atoms with Crippen LogP contribution in [0.1, 0.15) is 25.7 Å². The number of hydrogen-bond donors (Lipinski definition) is 2. The second-order valence-corrected chi connectivity index (χ2v) is 7.80. The highest BCUT2D eigenvalue weighted by atomic mass is 79.9. The Morgan fingerprint density at radius 2 is 2.05 bits per heavy atom. The van der Waals surface area contributed by atoms with Crippen LogP contribution in [0.15, 0.2) is 21.5 Å². The Morgan fingerprint density at radius 3 is 2.67 bits per heavy atom. The van der Waals surface area contributed by atoms with E-state index < -0.39 is 32.7 Å². The lowest BCUT2D eigenvalue weighted by Crippen LogP contribution is -2.33. The van der Waals surface area contributed by atoms with Crippen LogP contribution in [0.3, 0.4) is 0 Å². The predicted molar refractivity (Wildman–Crippen MR) is 77.2 cm³/mol. The molecule has 118 valence electrons. The Labute approximate surface area is 130 Å². The van der Waals surface area contributed by atoms with E-state index in [9.17, 15) is 22.3 Å². The molecule has 21 heavy (non-hydrogen) atoms. The first-order chi connectivity index (χ1) is 9.79. The van der Waals surface area contributed by atoms with Crippen molar-refractivity contribution in [2.45, 2.75) is 36.7 Å². The van der Waals surface area contributed by atoms with Crippen LogP contribution < -0.4 is 4.72 Å². The second kappa shape index (κ2) is 6.68. The Morgan fingerprint density at radius 1 is 1.33 bits per heavy atom. The molecule has 0 spiro atoms. The maximum absolute atomic E-state index is 13.7. The van der Waals surface area contributed by atoms with Crippen molar-refractivity contribution in [2.75, 3.05) is 6.54 Å². The van der Waals surface area contributed by atoms with Crippen LogP contribution in [0.4, 0.5) is 8.78 Å². The van der Waals surface area contributed by atoms with Gasteiger partial charge in [0.2, 0.25) is 10.0 Å². The van der Waals surface area contributed by atoms with E-state index in [0.29, 0.717) is 12.5 Å². The van der Waals surface area contributed by atoms with Gasteiger partial charge >= 0.3 is 0 Å². The molecule has 0 aromatic heterocycles. The molecule has 1 aliphatic carbocycles. The van der Waals surface area contributed by atoms with Gasteiger partial charge in [0, 0.05) is 17.1 Å². The van der Waals surface area contributed by atoms with Gasteiger partial charge in [-0.1, -0.05) is 6.42 Å². The Balaban J connectivity index is 2.12. The van der Waals surface area contributed by atoms with Gasteiger partial charge in [0.25, 0.3) is 0 Å². The molecule has 2 rings (SSSR count). The minimum Gasteiger partial charge on any atom is -0.393 e. The lowest BCUT2D eigenvalue weighted by molar-refractivity contribution is 0.102. The van der Waals surface area contributed by atoms with Gasteiger partial charge in [0.05, 0.1) is 6.10 Å². The number of nitrogens with one attached hydrogen (secondary N) is 1. The lowest BCUT2D eigenvalue weighted by atomic mass is 9.87. The summed E-state index contributed by atoms with van der Waals surface area (Å²) in [5.74, 6) is -1.97. The number of hydrogen-bond acceptors (Lipinski definition) is 3. The molecule has 1 fully saturated rings. The van der Waals surface area contributed by atoms with Gasteiger partial charge in [-0.25, -0.2) is 21.9 Å². The first kappa shape index (κ1) is 16.8. The molecule has 0 bridgehead atoms. The molecule has 1 aromatic carbocycles. The fourth-order valence-electron chi connectivity index (χ4n) is 2.53. The highest BCUT2D eigenvalue weighted by molar-refractivity contribution is 9.10. The summed E-state index contributed by atoms with van der Waals surface area (Å²) in [7, 11) is -4.08. The number of rotatable bonds is 4. The molecule has 0 heterocycles. The quantitative estimate of drug-likeness (QED) is 0.839. The highest BCUT2D eigenvalue weighted by Crippen LogP contribution is 2.27. The van der Waals surface area contributed by atoms with Gasteiger partial charge in [0.15, 0.2) is 0 Å². The predicted octanol–water partition coefficient (Wildman–Crippen LogP) is 2.56. The van der Waals surface area contributed by atoms with Gasteiger partial charge in [0.1, 0.15) is 16.5 Å². The van der Waals surface area contributed by atoms with Crippen LogP contribution >= 0.6 is 15.9 Å². The topological polar surface area (TPSA) is 66.4 Å². The van der Waals surface area contributed by atoms with Crippen molar-refractivity contribution >= 4 is 26.0 Å². The smallest absolute Gasteiger partial charge is 0.244 e. The molecule has 2 unspecified atom stereocenters. The van der Waals surface area contributed by atoms with E-state index in [1.54, 1.807) is 0 Å². The summed E-state index contributed by atoms with van der Waals surface area (Å²) in [6, 6.07) is 1.44. The SMILES string of the molecule is O=S(=O)(NCC1CCCC(O)C1)c1c(F)cc(F)cc1Br. The van der Waals surface area contributed by atoms with Crippen molar-refractivity contribution in [1.29, 1.82) is 0 Å². The van der Waals surface area contributed by atoms with E-state index in [1.165, 1.54) is 0 Å². The summed E-state index contributed by atoms with van der Waals surface area (Å²) in [4.78, 5) is -0.597. The molecule has 0 radical (unpaired) electrons. The third-order valence-corrected chi connectivity index (χ3v) is 5.94. The number of aliphatic hydroxyl groups is 1. The largest absolute Gasteiger partial charge is 0.393 e. The fraction of sp³-hybridized carbons (Fsp3) is 0.538. The standard InChI is InChI=1S/C13H16BrF2NO3S/c14-11-5-9(15)6-12(16)13(11)21(19,20)17-7-8-2-1-3-10(18)4-8/h5-6,8,10,17-18H,1-4,7H2. The van der Waals surface area contributed by atoms with E-state index >= 15 is 0 Å². The maximum Gasteiger partial charge on any atom is 0.244 e. The number of halogens is 3. The fourth-order valence-corrected chi connectivity index (χ4v) is 4.81. The Hall–Kier alpha value is -0.570. The third-order valence-electron chi connectivity index (χ3n) is 3.55. The maximum atomic E-state index is 13.7. The normalized spacial score (nSPS) is 23.2. The van der Waals surface area contributed by atoms with Crippen molar-refractivity contribution in [3.63, 3.8) is 0 Å². The van der Waals surface area contributed by atoms with Crippen molar-refractivity contribution in [3.8, 4) is 0 Å². The van der Waals surface area contributed by atoms with Crippen LogP contribution in [0.25, 0.3) is 0 Å². The van der Waals surface area contributed by atoms with Crippen molar-refractivity contribution in [1.82, 2.24) is 4.72 Å². The lowest BCUT2D eigenvalue weighted by Gasteiger charge is -2.25. The summed E-state index contributed by atoms with van der Waals surface area (Å²) >= 11 is 2.87. The number of benzene rings is 1. The molecular formula is C13H16BrF2NO3S. The summed E-state index contributed by atoms with van der Waals surface area (Å²) in [6.07, 6.45) is 2.48. The van der Waals surface area contributed by atoms with Gasteiger partial charge in [-0.15, -0.1) is 0 Å². The average molecular weight is 384 g/mol. The minimum atomic E-state index is -4.08. The molecular weight excluding hydrogens is 368 g/mol. The molecule has 1 saturated carbocycles. The number of aliphatic hydroxyl groups excluding tert-OH is 1. The first-order valence-corrected chi connectivity index (χ1v) is 8.89. The van der Waals surface area contributed by atoms with Gasteiger partial charge in [-0.2, -0.15) is 0 Å². The average Bonchev–Trinajstić information content (AvgIpc) is 2.35. The molecule has 0 aliphatic heterocycles. The molecule has 2 atom stereocenters. The van der Waals surface area contributed by atoms with Crippen LogP contribution in [-0.2, 0) is 10.0 Å².